The van der Waals surface area contributed by atoms with Crippen LogP contribution in [0.1, 0.15) is 11.1 Å². The molecular formula is C23H19NO2. The van der Waals surface area contributed by atoms with E-state index in [1.165, 1.54) is 16.7 Å². The lowest BCUT2D eigenvalue weighted by Crippen LogP contribution is -2.01. The van der Waals surface area contributed by atoms with Gasteiger partial charge in [-0.3, -0.25) is 4.79 Å². The van der Waals surface area contributed by atoms with Crippen LogP contribution in [0.5, 0.6) is 0 Å². The minimum Gasteiger partial charge on any atom is -0.481 e. The summed E-state index contributed by atoms with van der Waals surface area (Å²) in [5.41, 5.74) is 5.51. The number of aliphatic carboxylic acids is 1. The summed E-state index contributed by atoms with van der Waals surface area (Å²) in [6.45, 7) is 0.751. The van der Waals surface area contributed by atoms with Crippen LogP contribution in [-0.4, -0.2) is 15.6 Å². The summed E-state index contributed by atoms with van der Waals surface area (Å²) in [5, 5.41) is 10.1. The van der Waals surface area contributed by atoms with Gasteiger partial charge in [0.05, 0.1) is 6.42 Å². The fraction of sp³-hybridized carbons (Fsp3) is 0.0870. The van der Waals surface area contributed by atoms with Gasteiger partial charge in [-0.05, 0) is 45.8 Å². The van der Waals surface area contributed by atoms with E-state index in [1.807, 2.05) is 36.4 Å². The van der Waals surface area contributed by atoms with Gasteiger partial charge in [0.15, 0.2) is 0 Å². The number of carbonyl (C=O) groups is 1. The van der Waals surface area contributed by atoms with Gasteiger partial charge in [-0.2, -0.15) is 0 Å². The van der Waals surface area contributed by atoms with Crippen molar-refractivity contribution < 1.29 is 9.90 Å². The van der Waals surface area contributed by atoms with Crippen LogP contribution < -0.4 is 0 Å². The SMILES string of the molecule is O=C(O)Cc1ccc2ccn(Cc3cccc(-c4ccccc4)c3)c2c1. The van der Waals surface area contributed by atoms with Crippen molar-refractivity contribution in [1.29, 1.82) is 0 Å². The minimum absolute atomic E-state index is 0.0462. The van der Waals surface area contributed by atoms with Gasteiger partial charge in [-0.25, -0.2) is 0 Å². The van der Waals surface area contributed by atoms with E-state index in [2.05, 4.69) is 53.2 Å². The molecular weight excluding hydrogens is 322 g/mol. The average molecular weight is 341 g/mol. The Morgan fingerprint density at radius 1 is 0.808 bits per heavy atom. The van der Waals surface area contributed by atoms with Gasteiger partial charge < -0.3 is 9.67 Å². The molecule has 1 N–H and O–H groups in total. The molecule has 0 unspecified atom stereocenters. The third-order valence-corrected chi connectivity index (χ3v) is 4.58. The van der Waals surface area contributed by atoms with Gasteiger partial charge >= 0.3 is 5.97 Å². The molecule has 3 aromatic carbocycles. The third-order valence-electron chi connectivity index (χ3n) is 4.58. The number of carboxylic acids is 1. The number of rotatable bonds is 5. The lowest BCUT2D eigenvalue weighted by molar-refractivity contribution is -0.136. The average Bonchev–Trinajstić information content (AvgIpc) is 3.04. The Balaban J connectivity index is 1.66. The second kappa shape index (κ2) is 6.89. The summed E-state index contributed by atoms with van der Waals surface area (Å²) < 4.78 is 2.17. The molecule has 0 bridgehead atoms. The molecule has 0 aliphatic heterocycles. The summed E-state index contributed by atoms with van der Waals surface area (Å²) in [6.07, 6.45) is 2.11. The van der Waals surface area contributed by atoms with Crippen LogP contribution in [0.15, 0.2) is 85.1 Å². The molecule has 0 saturated carbocycles. The maximum Gasteiger partial charge on any atom is 0.307 e. The molecule has 0 saturated heterocycles. The Morgan fingerprint density at radius 3 is 2.42 bits per heavy atom. The van der Waals surface area contributed by atoms with Gasteiger partial charge in [-0.1, -0.05) is 60.7 Å². The van der Waals surface area contributed by atoms with Crippen molar-refractivity contribution in [1.82, 2.24) is 4.57 Å². The summed E-state index contributed by atoms with van der Waals surface area (Å²) in [6, 6.07) is 26.8. The maximum atomic E-state index is 11.0. The van der Waals surface area contributed by atoms with Crippen LogP contribution in [0.25, 0.3) is 22.0 Å². The fourth-order valence-corrected chi connectivity index (χ4v) is 3.33. The number of fused-ring (bicyclic) bond motifs is 1. The van der Waals surface area contributed by atoms with E-state index < -0.39 is 5.97 Å². The van der Waals surface area contributed by atoms with Crippen LogP contribution in [0.3, 0.4) is 0 Å². The second-order valence-corrected chi connectivity index (χ2v) is 6.47. The van der Waals surface area contributed by atoms with Crippen LogP contribution in [-0.2, 0) is 17.8 Å². The van der Waals surface area contributed by atoms with Crippen molar-refractivity contribution in [3.05, 3.63) is 96.2 Å². The van der Waals surface area contributed by atoms with Crippen molar-refractivity contribution in [2.24, 2.45) is 0 Å². The van der Waals surface area contributed by atoms with Crippen molar-refractivity contribution in [3.63, 3.8) is 0 Å². The van der Waals surface area contributed by atoms with E-state index in [0.717, 1.165) is 23.0 Å². The first kappa shape index (κ1) is 16.2. The summed E-state index contributed by atoms with van der Waals surface area (Å²) in [5.74, 6) is -0.807. The van der Waals surface area contributed by atoms with Crippen molar-refractivity contribution in [2.45, 2.75) is 13.0 Å². The molecule has 0 radical (unpaired) electrons. The van der Waals surface area contributed by atoms with Gasteiger partial charge in [0.1, 0.15) is 0 Å². The number of nitrogens with zero attached hydrogens (tertiary/aromatic N) is 1. The van der Waals surface area contributed by atoms with Crippen molar-refractivity contribution in [2.75, 3.05) is 0 Å². The molecule has 0 fully saturated rings. The first-order valence-corrected chi connectivity index (χ1v) is 8.63. The molecule has 3 nitrogen and oxygen atoms in total. The van der Waals surface area contributed by atoms with Crippen molar-refractivity contribution in [3.8, 4) is 11.1 Å². The highest BCUT2D eigenvalue weighted by atomic mass is 16.4. The zero-order valence-electron chi connectivity index (χ0n) is 14.3. The number of aromatic nitrogens is 1. The van der Waals surface area contributed by atoms with Crippen molar-refractivity contribution >= 4 is 16.9 Å². The minimum atomic E-state index is -0.807. The molecule has 1 heterocycles. The molecule has 0 amide bonds. The topological polar surface area (TPSA) is 42.2 Å². The van der Waals surface area contributed by atoms with E-state index >= 15 is 0 Å². The maximum absolute atomic E-state index is 11.0. The largest absolute Gasteiger partial charge is 0.481 e. The van der Waals surface area contributed by atoms with E-state index in [1.54, 1.807) is 0 Å². The van der Waals surface area contributed by atoms with Gasteiger partial charge in [0.2, 0.25) is 0 Å². The molecule has 1 aromatic heterocycles. The standard InChI is InChI=1S/C23H19NO2/c25-23(26)15-17-9-10-20-11-12-24(22(20)14-17)16-18-5-4-8-21(13-18)19-6-2-1-3-7-19/h1-14H,15-16H2,(H,25,26). The molecule has 4 rings (SSSR count). The lowest BCUT2D eigenvalue weighted by atomic mass is 10.0. The highest BCUT2D eigenvalue weighted by Gasteiger charge is 2.07. The Bertz CT molecular complexity index is 1060. The molecule has 128 valence electrons. The number of carboxylic acid groups (broad SMARTS) is 1. The monoisotopic (exact) mass is 341 g/mol. The highest BCUT2D eigenvalue weighted by molar-refractivity contribution is 5.82. The van der Waals surface area contributed by atoms with Crippen LogP contribution in [0.4, 0.5) is 0 Å². The lowest BCUT2D eigenvalue weighted by Gasteiger charge is -2.09. The smallest absolute Gasteiger partial charge is 0.307 e. The quantitative estimate of drug-likeness (QED) is 0.556. The second-order valence-electron chi connectivity index (χ2n) is 6.47. The predicted molar refractivity (Wildman–Crippen MR) is 104 cm³/mol. The van der Waals surface area contributed by atoms with Gasteiger partial charge in [0.25, 0.3) is 0 Å². The fourth-order valence-electron chi connectivity index (χ4n) is 3.33. The van der Waals surface area contributed by atoms with Crippen LogP contribution in [0, 0.1) is 0 Å². The Kier molecular flexibility index (Phi) is 4.28. The molecule has 4 aromatic rings. The Morgan fingerprint density at radius 2 is 1.62 bits per heavy atom. The number of hydrogen-bond acceptors (Lipinski definition) is 1. The zero-order chi connectivity index (χ0) is 17.9. The van der Waals surface area contributed by atoms with Crippen LogP contribution in [0.2, 0.25) is 0 Å². The van der Waals surface area contributed by atoms with E-state index in [-0.39, 0.29) is 6.42 Å². The molecule has 3 heteroatoms. The summed E-state index contributed by atoms with van der Waals surface area (Å²) in [7, 11) is 0. The first-order valence-electron chi connectivity index (χ1n) is 8.63. The summed E-state index contributed by atoms with van der Waals surface area (Å²) >= 11 is 0. The van der Waals surface area contributed by atoms with Crippen LogP contribution >= 0.6 is 0 Å². The third kappa shape index (κ3) is 3.38. The molecule has 0 atom stereocenters. The molecule has 26 heavy (non-hydrogen) atoms. The van der Waals surface area contributed by atoms with E-state index in [9.17, 15) is 4.79 Å². The Labute approximate surface area is 152 Å². The zero-order valence-corrected chi connectivity index (χ0v) is 14.3. The summed E-state index contributed by atoms with van der Waals surface area (Å²) in [4.78, 5) is 11.0. The van der Waals surface area contributed by atoms with Gasteiger partial charge in [-0.15, -0.1) is 0 Å². The van der Waals surface area contributed by atoms with E-state index in [0.29, 0.717) is 0 Å². The number of hydrogen-bond donors (Lipinski definition) is 1. The molecule has 0 aliphatic rings. The Hall–Kier alpha value is -3.33. The highest BCUT2D eigenvalue weighted by Crippen LogP contribution is 2.23. The molecule has 0 aliphatic carbocycles. The van der Waals surface area contributed by atoms with E-state index in [4.69, 9.17) is 5.11 Å². The normalized spacial score (nSPS) is 10.9. The van der Waals surface area contributed by atoms with Gasteiger partial charge in [0, 0.05) is 18.3 Å². The molecule has 0 spiro atoms. The first-order chi connectivity index (χ1) is 12.7. The number of benzene rings is 3. The predicted octanol–water partition coefficient (Wildman–Crippen LogP) is 4.98.